The lowest BCUT2D eigenvalue weighted by Crippen LogP contribution is -2.32. The molecular weight excluding hydrogens is 198 g/mol. The van der Waals surface area contributed by atoms with Crippen LogP contribution >= 0.6 is 11.8 Å². The fourth-order valence-electron chi connectivity index (χ4n) is 1.77. The Morgan fingerprint density at radius 2 is 2.07 bits per heavy atom. The maximum Gasteiger partial charge on any atom is 0.0861 e. The Bertz CT molecular complexity index is 151. The lowest BCUT2D eigenvalue weighted by Gasteiger charge is -2.28. The smallest absolute Gasteiger partial charge is 0.0861 e. The molecule has 2 atom stereocenters. The SMILES string of the molecule is CC(SCC(O)CO)C1CCNCC1. The molecule has 1 saturated heterocycles. The maximum atomic E-state index is 9.22. The summed E-state index contributed by atoms with van der Waals surface area (Å²) in [5.41, 5.74) is 0. The van der Waals surface area contributed by atoms with Gasteiger partial charge in [0.15, 0.2) is 0 Å². The third-order valence-corrected chi connectivity index (χ3v) is 4.30. The van der Waals surface area contributed by atoms with Crippen molar-refractivity contribution in [3.63, 3.8) is 0 Å². The van der Waals surface area contributed by atoms with Gasteiger partial charge in [-0.2, -0.15) is 11.8 Å². The molecule has 4 heteroatoms. The van der Waals surface area contributed by atoms with Crippen LogP contribution in [0.4, 0.5) is 0 Å². The molecule has 1 heterocycles. The largest absolute Gasteiger partial charge is 0.394 e. The van der Waals surface area contributed by atoms with Crippen LogP contribution in [0.2, 0.25) is 0 Å². The van der Waals surface area contributed by atoms with Gasteiger partial charge in [-0.1, -0.05) is 6.92 Å². The molecule has 0 radical (unpaired) electrons. The van der Waals surface area contributed by atoms with Gasteiger partial charge >= 0.3 is 0 Å². The van der Waals surface area contributed by atoms with Gasteiger partial charge in [0.1, 0.15) is 0 Å². The summed E-state index contributed by atoms with van der Waals surface area (Å²) in [6.07, 6.45) is 1.93. The Labute approximate surface area is 90.3 Å². The number of hydrogen-bond donors (Lipinski definition) is 3. The quantitative estimate of drug-likeness (QED) is 0.629. The van der Waals surface area contributed by atoms with Crippen LogP contribution in [-0.4, -0.2) is 47.0 Å². The first-order valence-electron chi connectivity index (χ1n) is 5.35. The number of thioether (sulfide) groups is 1. The van der Waals surface area contributed by atoms with E-state index in [0.717, 1.165) is 19.0 Å². The first-order chi connectivity index (χ1) is 6.74. The number of nitrogens with one attached hydrogen (secondary N) is 1. The highest BCUT2D eigenvalue weighted by Gasteiger charge is 2.20. The third-order valence-electron chi connectivity index (χ3n) is 2.81. The molecule has 0 aromatic heterocycles. The lowest BCUT2D eigenvalue weighted by molar-refractivity contribution is 0.113. The molecule has 2 unspecified atom stereocenters. The van der Waals surface area contributed by atoms with Crippen LogP contribution in [0.3, 0.4) is 0 Å². The second-order valence-electron chi connectivity index (χ2n) is 3.96. The van der Waals surface area contributed by atoms with E-state index in [1.807, 2.05) is 0 Å². The van der Waals surface area contributed by atoms with Crippen molar-refractivity contribution in [2.45, 2.75) is 31.1 Å². The van der Waals surface area contributed by atoms with Crippen molar-refractivity contribution < 1.29 is 10.2 Å². The van der Waals surface area contributed by atoms with Crippen LogP contribution in [0.1, 0.15) is 19.8 Å². The van der Waals surface area contributed by atoms with E-state index in [0.29, 0.717) is 11.0 Å². The van der Waals surface area contributed by atoms with Crippen molar-refractivity contribution in [3.8, 4) is 0 Å². The minimum absolute atomic E-state index is 0.119. The van der Waals surface area contributed by atoms with Crippen LogP contribution in [-0.2, 0) is 0 Å². The first-order valence-corrected chi connectivity index (χ1v) is 6.40. The van der Waals surface area contributed by atoms with Crippen LogP contribution in [0.15, 0.2) is 0 Å². The van der Waals surface area contributed by atoms with Crippen molar-refractivity contribution in [2.24, 2.45) is 5.92 Å². The molecule has 1 fully saturated rings. The Morgan fingerprint density at radius 3 is 2.64 bits per heavy atom. The molecule has 1 rings (SSSR count). The molecule has 0 aliphatic carbocycles. The molecule has 0 saturated carbocycles. The van der Waals surface area contributed by atoms with Gasteiger partial charge in [0.25, 0.3) is 0 Å². The van der Waals surface area contributed by atoms with Crippen molar-refractivity contribution >= 4 is 11.8 Å². The molecule has 3 N–H and O–H groups in total. The summed E-state index contributed by atoms with van der Waals surface area (Å²) < 4.78 is 0. The Morgan fingerprint density at radius 1 is 1.43 bits per heavy atom. The van der Waals surface area contributed by atoms with Crippen LogP contribution < -0.4 is 5.32 Å². The summed E-state index contributed by atoms with van der Waals surface area (Å²) in [7, 11) is 0. The van der Waals surface area contributed by atoms with Gasteiger partial charge in [-0.25, -0.2) is 0 Å². The van der Waals surface area contributed by atoms with Crippen LogP contribution in [0.25, 0.3) is 0 Å². The number of piperidine rings is 1. The maximum absolute atomic E-state index is 9.22. The van der Waals surface area contributed by atoms with Crippen LogP contribution in [0, 0.1) is 5.92 Å². The number of aliphatic hydroxyl groups is 2. The molecular formula is C10H21NO2S. The predicted molar refractivity (Wildman–Crippen MR) is 60.6 cm³/mol. The highest BCUT2D eigenvalue weighted by Crippen LogP contribution is 2.26. The molecule has 14 heavy (non-hydrogen) atoms. The van der Waals surface area contributed by atoms with Crippen molar-refractivity contribution in [3.05, 3.63) is 0 Å². The third kappa shape index (κ3) is 4.17. The second kappa shape index (κ2) is 6.67. The number of rotatable bonds is 5. The van der Waals surface area contributed by atoms with E-state index in [-0.39, 0.29) is 6.61 Å². The summed E-state index contributed by atoms with van der Waals surface area (Å²) in [5.74, 6) is 1.42. The van der Waals surface area contributed by atoms with E-state index in [2.05, 4.69) is 12.2 Å². The fraction of sp³-hybridized carbons (Fsp3) is 1.00. The Kier molecular flexibility index (Phi) is 5.86. The van der Waals surface area contributed by atoms with E-state index in [1.165, 1.54) is 12.8 Å². The standard InChI is InChI=1S/C10H21NO2S/c1-8(14-7-10(13)6-12)9-2-4-11-5-3-9/h8-13H,2-7H2,1H3. The number of aliphatic hydroxyl groups excluding tert-OH is 2. The molecule has 1 aliphatic rings. The van der Waals surface area contributed by atoms with E-state index in [1.54, 1.807) is 11.8 Å². The molecule has 0 amide bonds. The minimum Gasteiger partial charge on any atom is -0.394 e. The summed E-state index contributed by atoms with van der Waals surface area (Å²) in [6, 6.07) is 0. The van der Waals surface area contributed by atoms with Gasteiger partial charge in [-0.05, 0) is 31.8 Å². The molecule has 0 bridgehead atoms. The zero-order chi connectivity index (χ0) is 10.4. The van der Waals surface area contributed by atoms with Gasteiger partial charge in [-0.15, -0.1) is 0 Å². The average molecular weight is 219 g/mol. The van der Waals surface area contributed by atoms with Crippen molar-refractivity contribution in [1.82, 2.24) is 5.32 Å². The van der Waals surface area contributed by atoms with Crippen molar-refractivity contribution in [1.29, 1.82) is 0 Å². The highest BCUT2D eigenvalue weighted by atomic mass is 32.2. The molecule has 0 spiro atoms. The van der Waals surface area contributed by atoms with E-state index in [4.69, 9.17) is 5.11 Å². The first kappa shape index (κ1) is 12.3. The lowest BCUT2D eigenvalue weighted by atomic mass is 9.95. The molecule has 84 valence electrons. The second-order valence-corrected chi connectivity index (χ2v) is 5.37. The summed E-state index contributed by atoms with van der Waals surface area (Å²) in [6.45, 7) is 4.35. The zero-order valence-corrected chi connectivity index (χ0v) is 9.59. The zero-order valence-electron chi connectivity index (χ0n) is 8.78. The van der Waals surface area contributed by atoms with Gasteiger partial charge in [0.05, 0.1) is 12.7 Å². The topological polar surface area (TPSA) is 52.5 Å². The van der Waals surface area contributed by atoms with Crippen LogP contribution in [0.5, 0.6) is 0 Å². The summed E-state index contributed by atoms with van der Waals surface area (Å²) in [4.78, 5) is 0. The molecule has 0 aromatic carbocycles. The van der Waals surface area contributed by atoms with Gasteiger partial charge in [-0.3, -0.25) is 0 Å². The summed E-state index contributed by atoms with van der Waals surface area (Å²) in [5, 5.41) is 21.8. The minimum atomic E-state index is -0.552. The molecule has 1 aliphatic heterocycles. The average Bonchev–Trinajstić information content (AvgIpc) is 2.26. The highest BCUT2D eigenvalue weighted by molar-refractivity contribution is 7.99. The normalized spacial score (nSPS) is 23.4. The van der Waals surface area contributed by atoms with Gasteiger partial charge in [0, 0.05) is 11.0 Å². The van der Waals surface area contributed by atoms with E-state index in [9.17, 15) is 5.11 Å². The van der Waals surface area contributed by atoms with Crippen molar-refractivity contribution in [2.75, 3.05) is 25.4 Å². The van der Waals surface area contributed by atoms with E-state index < -0.39 is 6.10 Å². The molecule has 3 nitrogen and oxygen atoms in total. The van der Waals surface area contributed by atoms with Gasteiger partial charge < -0.3 is 15.5 Å². The monoisotopic (exact) mass is 219 g/mol. The fourth-order valence-corrected chi connectivity index (χ4v) is 2.94. The van der Waals surface area contributed by atoms with Gasteiger partial charge in [0.2, 0.25) is 0 Å². The Hall–Kier alpha value is 0.230. The summed E-state index contributed by atoms with van der Waals surface area (Å²) >= 11 is 1.78. The molecule has 0 aromatic rings. The number of hydrogen-bond acceptors (Lipinski definition) is 4. The van der Waals surface area contributed by atoms with E-state index >= 15 is 0 Å². The predicted octanol–water partition coefficient (Wildman–Crippen LogP) is 0.461. The Balaban J connectivity index is 2.16.